The molecular formula is C25H26Cl2F4N4O4. The molecule has 0 aliphatic carbocycles. The number of halogens is 6. The Balaban J connectivity index is 0.000000532. The molecule has 1 atom stereocenters. The number of alkyl halides is 3. The average molecular weight is 593 g/mol. The summed E-state index contributed by atoms with van der Waals surface area (Å²) in [5.41, 5.74) is 0.416. The summed E-state index contributed by atoms with van der Waals surface area (Å²) in [6.07, 6.45) is -3.84. The van der Waals surface area contributed by atoms with Crippen molar-refractivity contribution < 1.29 is 37.1 Å². The Morgan fingerprint density at radius 2 is 1.79 bits per heavy atom. The first-order valence-corrected chi connectivity index (χ1v) is 12.6. The van der Waals surface area contributed by atoms with E-state index in [2.05, 4.69) is 15.5 Å². The van der Waals surface area contributed by atoms with E-state index in [0.717, 1.165) is 0 Å². The van der Waals surface area contributed by atoms with Gasteiger partial charge in [0.25, 0.3) is 5.91 Å². The SMILES string of the molecule is C[C@@H](CN1CCC2(CC1)C(=O)NCN2c1cccc(F)c1)NC(=O)c1ccc(Cl)cc1Cl.O=C(O)C(F)(F)F. The molecule has 3 N–H and O–H groups in total. The number of nitrogens with one attached hydrogen (secondary N) is 2. The monoisotopic (exact) mass is 592 g/mol. The molecule has 2 saturated heterocycles. The molecule has 212 valence electrons. The Bertz CT molecular complexity index is 1220. The van der Waals surface area contributed by atoms with Gasteiger partial charge in [-0.1, -0.05) is 29.3 Å². The van der Waals surface area contributed by atoms with E-state index >= 15 is 0 Å². The van der Waals surface area contributed by atoms with Crippen molar-refractivity contribution in [2.45, 2.75) is 37.5 Å². The standard InChI is InChI=1S/C23H25Cl2FN4O2.C2HF3O2/c1-15(28-21(31)19-6-5-16(24)11-20(19)25)13-29-9-7-23(8-10-29)22(32)27-14-30(23)18-4-2-3-17(26)12-18;3-2(4,5)1(6)7/h2-6,11-12,15H,7-10,13-14H2,1H3,(H,27,32)(H,28,31);(H,6,7)/t15-;/m0./s1. The number of nitrogens with zero attached hydrogens (tertiary/aromatic N) is 2. The van der Waals surface area contributed by atoms with Gasteiger partial charge >= 0.3 is 12.1 Å². The molecule has 2 aliphatic heterocycles. The summed E-state index contributed by atoms with van der Waals surface area (Å²) in [5, 5.41) is 13.8. The van der Waals surface area contributed by atoms with Crippen LogP contribution in [0.15, 0.2) is 42.5 Å². The zero-order chi connectivity index (χ0) is 29.0. The number of carbonyl (C=O) groups excluding carboxylic acids is 2. The Labute approximate surface area is 231 Å². The molecule has 2 heterocycles. The lowest BCUT2D eigenvalue weighted by Gasteiger charge is -2.43. The Hall–Kier alpha value is -3.09. The fraction of sp³-hybridized carbons (Fsp3) is 0.400. The fourth-order valence-electron chi connectivity index (χ4n) is 4.58. The van der Waals surface area contributed by atoms with E-state index in [0.29, 0.717) is 60.4 Å². The lowest BCUT2D eigenvalue weighted by atomic mass is 9.85. The van der Waals surface area contributed by atoms with Crippen LogP contribution in [0.3, 0.4) is 0 Å². The summed E-state index contributed by atoms with van der Waals surface area (Å²) in [7, 11) is 0. The summed E-state index contributed by atoms with van der Waals surface area (Å²) in [6.45, 7) is 4.35. The molecule has 39 heavy (non-hydrogen) atoms. The number of anilines is 1. The molecule has 2 fully saturated rings. The van der Waals surface area contributed by atoms with Gasteiger partial charge in [0.15, 0.2) is 0 Å². The van der Waals surface area contributed by atoms with Gasteiger partial charge in [-0.2, -0.15) is 13.2 Å². The Kier molecular flexibility index (Phi) is 9.68. The van der Waals surface area contributed by atoms with Gasteiger partial charge in [-0.3, -0.25) is 9.59 Å². The van der Waals surface area contributed by atoms with Gasteiger partial charge in [0, 0.05) is 36.4 Å². The summed E-state index contributed by atoms with van der Waals surface area (Å²) < 4.78 is 45.5. The van der Waals surface area contributed by atoms with E-state index in [9.17, 15) is 27.2 Å². The van der Waals surface area contributed by atoms with E-state index < -0.39 is 17.7 Å². The first-order chi connectivity index (χ1) is 18.2. The summed E-state index contributed by atoms with van der Waals surface area (Å²) in [4.78, 5) is 38.4. The molecule has 0 aromatic heterocycles. The second kappa shape index (κ2) is 12.4. The van der Waals surface area contributed by atoms with E-state index in [1.165, 1.54) is 12.1 Å². The molecule has 14 heteroatoms. The van der Waals surface area contributed by atoms with Crippen molar-refractivity contribution in [2.75, 3.05) is 31.2 Å². The quantitative estimate of drug-likeness (QED) is 0.447. The smallest absolute Gasteiger partial charge is 0.475 e. The van der Waals surface area contributed by atoms with Crippen molar-refractivity contribution in [1.82, 2.24) is 15.5 Å². The predicted octanol–water partition coefficient (Wildman–Crippen LogP) is 4.31. The summed E-state index contributed by atoms with van der Waals surface area (Å²) in [6, 6.07) is 11.0. The molecule has 2 aliphatic rings. The largest absolute Gasteiger partial charge is 0.490 e. The molecular weight excluding hydrogens is 567 g/mol. The van der Waals surface area contributed by atoms with Crippen LogP contribution in [0, 0.1) is 5.82 Å². The van der Waals surface area contributed by atoms with Gasteiger partial charge in [-0.25, -0.2) is 9.18 Å². The van der Waals surface area contributed by atoms with Crippen molar-refractivity contribution >= 4 is 46.7 Å². The minimum Gasteiger partial charge on any atom is -0.475 e. The van der Waals surface area contributed by atoms with Crippen molar-refractivity contribution in [2.24, 2.45) is 0 Å². The number of hydrogen-bond donors (Lipinski definition) is 3. The number of likely N-dealkylation sites (tertiary alicyclic amines) is 1. The number of rotatable bonds is 5. The molecule has 0 saturated carbocycles. The highest BCUT2D eigenvalue weighted by atomic mass is 35.5. The van der Waals surface area contributed by atoms with Gasteiger partial charge in [-0.15, -0.1) is 0 Å². The van der Waals surface area contributed by atoms with Crippen LogP contribution in [0.1, 0.15) is 30.1 Å². The minimum atomic E-state index is -5.08. The molecule has 2 aromatic carbocycles. The summed E-state index contributed by atoms with van der Waals surface area (Å²) in [5.74, 6) is -3.34. The van der Waals surface area contributed by atoms with Crippen LogP contribution in [0.2, 0.25) is 10.0 Å². The molecule has 0 unspecified atom stereocenters. The maximum Gasteiger partial charge on any atom is 0.490 e. The lowest BCUT2D eigenvalue weighted by molar-refractivity contribution is -0.192. The van der Waals surface area contributed by atoms with Crippen molar-refractivity contribution in [1.29, 1.82) is 0 Å². The fourth-order valence-corrected chi connectivity index (χ4v) is 5.08. The molecule has 4 rings (SSSR count). The summed E-state index contributed by atoms with van der Waals surface area (Å²) >= 11 is 12.0. The van der Waals surface area contributed by atoms with E-state index in [4.69, 9.17) is 33.1 Å². The first-order valence-electron chi connectivity index (χ1n) is 11.8. The van der Waals surface area contributed by atoms with Crippen LogP contribution in [0.5, 0.6) is 0 Å². The minimum absolute atomic E-state index is 0.0138. The van der Waals surface area contributed by atoms with Crippen LogP contribution < -0.4 is 15.5 Å². The lowest BCUT2D eigenvalue weighted by Crippen LogP contribution is -2.57. The predicted molar refractivity (Wildman–Crippen MR) is 137 cm³/mol. The van der Waals surface area contributed by atoms with Gasteiger partial charge in [0.1, 0.15) is 11.4 Å². The number of carboxylic acid groups (broad SMARTS) is 1. The van der Waals surface area contributed by atoms with Gasteiger partial charge in [0.2, 0.25) is 5.91 Å². The molecule has 2 aromatic rings. The van der Waals surface area contributed by atoms with Crippen LogP contribution in [0.25, 0.3) is 0 Å². The number of piperidine rings is 1. The zero-order valence-electron chi connectivity index (χ0n) is 20.7. The number of benzene rings is 2. The Morgan fingerprint density at radius 1 is 1.15 bits per heavy atom. The highest BCUT2D eigenvalue weighted by Crippen LogP contribution is 2.36. The van der Waals surface area contributed by atoms with Crippen LogP contribution in [0.4, 0.5) is 23.2 Å². The highest BCUT2D eigenvalue weighted by Gasteiger charge is 2.50. The average Bonchev–Trinajstić information content (AvgIpc) is 3.15. The second-order valence-corrected chi connectivity index (χ2v) is 10.0. The van der Waals surface area contributed by atoms with Gasteiger partial charge in [-0.05, 0) is 56.2 Å². The second-order valence-electron chi connectivity index (χ2n) is 9.21. The van der Waals surface area contributed by atoms with E-state index in [1.54, 1.807) is 24.3 Å². The van der Waals surface area contributed by atoms with Crippen LogP contribution in [-0.2, 0) is 9.59 Å². The third kappa shape index (κ3) is 7.52. The zero-order valence-corrected chi connectivity index (χ0v) is 22.2. The van der Waals surface area contributed by atoms with Crippen molar-refractivity contribution in [3.63, 3.8) is 0 Å². The molecule has 1 spiro atoms. The van der Waals surface area contributed by atoms with E-state index in [1.807, 2.05) is 17.9 Å². The first kappa shape index (κ1) is 30.5. The normalized spacial score (nSPS) is 17.7. The molecule has 0 radical (unpaired) electrons. The molecule has 0 bridgehead atoms. The number of amides is 2. The highest BCUT2D eigenvalue weighted by molar-refractivity contribution is 6.36. The topological polar surface area (TPSA) is 102 Å². The van der Waals surface area contributed by atoms with Crippen molar-refractivity contribution in [3.05, 3.63) is 63.9 Å². The Morgan fingerprint density at radius 3 is 2.36 bits per heavy atom. The van der Waals surface area contributed by atoms with Crippen LogP contribution >= 0.6 is 23.2 Å². The number of carbonyl (C=O) groups is 3. The molecule has 2 amide bonds. The van der Waals surface area contributed by atoms with Gasteiger partial charge in [0.05, 0.1) is 17.3 Å². The van der Waals surface area contributed by atoms with Crippen molar-refractivity contribution in [3.8, 4) is 0 Å². The molecule has 8 nitrogen and oxygen atoms in total. The number of carboxylic acids is 1. The maximum absolute atomic E-state index is 13.8. The third-order valence-corrected chi connectivity index (χ3v) is 7.02. The van der Waals surface area contributed by atoms with E-state index in [-0.39, 0.29) is 23.7 Å². The number of aliphatic carboxylic acids is 1. The number of hydrogen-bond acceptors (Lipinski definition) is 5. The third-order valence-electron chi connectivity index (χ3n) is 6.47. The van der Waals surface area contributed by atoms with Gasteiger partial charge < -0.3 is 25.5 Å². The van der Waals surface area contributed by atoms with Crippen LogP contribution in [-0.4, -0.2) is 71.9 Å². The maximum atomic E-state index is 13.8.